The minimum atomic E-state index is -0.399. The van der Waals surface area contributed by atoms with E-state index in [4.69, 9.17) is 0 Å². The second-order valence-electron chi connectivity index (χ2n) is 3.66. The molecule has 0 aliphatic carbocycles. The molecule has 0 saturated carbocycles. The van der Waals surface area contributed by atoms with Crippen molar-refractivity contribution in [2.24, 2.45) is 0 Å². The standard InChI is InChI=1S/C11H13F2NS/c12-8-1-2-10(13)11(7-8)14-9-3-5-15-6-4-9/h1-2,7,9,14H,3-6H2. The molecule has 0 unspecified atom stereocenters. The van der Waals surface area contributed by atoms with E-state index in [0.29, 0.717) is 0 Å². The van der Waals surface area contributed by atoms with Crippen LogP contribution >= 0.6 is 11.8 Å². The number of halogens is 2. The zero-order chi connectivity index (χ0) is 10.7. The van der Waals surface area contributed by atoms with E-state index >= 15 is 0 Å². The van der Waals surface area contributed by atoms with Crippen LogP contribution in [0.25, 0.3) is 0 Å². The Labute approximate surface area is 92.3 Å². The van der Waals surface area contributed by atoms with Crippen molar-refractivity contribution in [1.29, 1.82) is 0 Å². The second-order valence-corrected chi connectivity index (χ2v) is 4.88. The molecule has 82 valence electrons. The number of nitrogens with one attached hydrogen (secondary N) is 1. The van der Waals surface area contributed by atoms with E-state index < -0.39 is 5.82 Å². The van der Waals surface area contributed by atoms with E-state index in [2.05, 4.69) is 5.32 Å². The van der Waals surface area contributed by atoms with Crippen LogP contribution in [0.15, 0.2) is 18.2 Å². The number of hydrogen-bond donors (Lipinski definition) is 1. The highest BCUT2D eigenvalue weighted by Crippen LogP contribution is 2.23. The number of benzene rings is 1. The lowest BCUT2D eigenvalue weighted by molar-refractivity contribution is 0.593. The SMILES string of the molecule is Fc1ccc(F)c(NC2CCSCC2)c1. The van der Waals surface area contributed by atoms with Crippen LogP contribution in [0, 0.1) is 11.6 Å². The first-order valence-corrected chi connectivity index (χ1v) is 6.20. The molecule has 0 amide bonds. The van der Waals surface area contributed by atoms with Crippen molar-refractivity contribution < 1.29 is 8.78 Å². The van der Waals surface area contributed by atoms with Gasteiger partial charge in [-0.25, -0.2) is 8.78 Å². The van der Waals surface area contributed by atoms with Crippen LogP contribution in [0.1, 0.15) is 12.8 Å². The van der Waals surface area contributed by atoms with Gasteiger partial charge in [0.2, 0.25) is 0 Å². The van der Waals surface area contributed by atoms with Gasteiger partial charge in [0.15, 0.2) is 0 Å². The Morgan fingerprint density at radius 3 is 2.67 bits per heavy atom. The van der Waals surface area contributed by atoms with Gasteiger partial charge in [0.05, 0.1) is 5.69 Å². The minimum absolute atomic E-state index is 0.280. The summed E-state index contributed by atoms with van der Waals surface area (Å²) >= 11 is 1.91. The highest BCUT2D eigenvalue weighted by molar-refractivity contribution is 7.99. The average Bonchev–Trinajstić information content (AvgIpc) is 2.25. The van der Waals surface area contributed by atoms with Crippen LogP contribution < -0.4 is 5.32 Å². The van der Waals surface area contributed by atoms with Crippen LogP contribution in [-0.2, 0) is 0 Å². The molecule has 1 saturated heterocycles. The fourth-order valence-corrected chi connectivity index (χ4v) is 2.78. The molecular weight excluding hydrogens is 216 g/mol. The molecule has 1 N–H and O–H groups in total. The molecule has 1 aliphatic rings. The highest BCUT2D eigenvalue weighted by Gasteiger charge is 2.15. The van der Waals surface area contributed by atoms with Gasteiger partial charge in [-0.05, 0) is 42.5 Å². The van der Waals surface area contributed by atoms with Gasteiger partial charge in [0.25, 0.3) is 0 Å². The fourth-order valence-electron chi connectivity index (χ4n) is 1.67. The van der Waals surface area contributed by atoms with E-state index in [1.807, 2.05) is 11.8 Å². The highest BCUT2D eigenvalue weighted by atomic mass is 32.2. The number of thioether (sulfide) groups is 1. The van der Waals surface area contributed by atoms with Crippen LogP contribution in [0.5, 0.6) is 0 Å². The smallest absolute Gasteiger partial charge is 0.146 e. The molecule has 1 heterocycles. The number of anilines is 1. The molecule has 1 aromatic carbocycles. The summed E-state index contributed by atoms with van der Waals surface area (Å²) in [6.07, 6.45) is 2.03. The number of hydrogen-bond acceptors (Lipinski definition) is 2. The van der Waals surface area contributed by atoms with Gasteiger partial charge in [-0.2, -0.15) is 11.8 Å². The molecule has 1 aliphatic heterocycles. The molecule has 0 radical (unpaired) electrons. The summed E-state index contributed by atoms with van der Waals surface area (Å²) in [5.41, 5.74) is 0.284. The first kappa shape index (κ1) is 10.7. The summed E-state index contributed by atoms with van der Waals surface area (Å²) in [6, 6.07) is 3.80. The molecule has 4 heteroatoms. The van der Waals surface area contributed by atoms with Crippen molar-refractivity contribution in [3.63, 3.8) is 0 Å². The number of rotatable bonds is 2. The Hall–Kier alpha value is -0.770. The van der Waals surface area contributed by atoms with Gasteiger partial charge in [0.1, 0.15) is 11.6 Å². The maximum absolute atomic E-state index is 13.3. The fraction of sp³-hybridized carbons (Fsp3) is 0.455. The van der Waals surface area contributed by atoms with Crippen molar-refractivity contribution in [1.82, 2.24) is 0 Å². The quantitative estimate of drug-likeness (QED) is 0.835. The van der Waals surface area contributed by atoms with E-state index in [9.17, 15) is 8.78 Å². The first-order chi connectivity index (χ1) is 7.25. The molecule has 0 atom stereocenters. The molecule has 1 nitrogen and oxygen atoms in total. The molecule has 0 bridgehead atoms. The molecule has 1 fully saturated rings. The third kappa shape index (κ3) is 2.84. The van der Waals surface area contributed by atoms with Gasteiger partial charge in [-0.1, -0.05) is 0 Å². The Bertz CT molecular complexity index is 337. The largest absolute Gasteiger partial charge is 0.380 e. The van der Waals surface area contributed by atoms with Crippen LogP contribution in [0.4, 0.5) is 14.5 Å². The minimum Gasteiger partial charge on any atom is -0.380 e. The van der Waals surface area contributed by atoms with Gasteiger partial charge < -0.3 is 5.32 Å². The maximum atomic E-state index is 13.3. The third-order valence-electron chi connectivity index (χ3n) is 2.51. The molecule has 15 heavy (non-hydrogen) atoms. The zero-order valence-corrected chi connectivity index (χ0v) is 9.12. The third-order valence-corrected chi connectivity index (χ3v) is 3.56. The summed E-state index contributed by atoms with van der Waals surface area (Å²) in [4.78, 5) is 0. The van der Waals surface area contributed by atoms with Gasteiger partial charge >= 0.3 is 0 Å². The van der Waals surface area contributed by atoms with Crippen LogP contribution in [0.2, 0.25) is 0 Å². The van der Waals surface area contributed by atoms with E-state index in [1.54, 1.807) is 0 Å². The van der Waals surface area contributed by atoms with Crippen molar-refractivity contribution in [3.8, 4) is 0 Å². The second kappa shape index (κ2) is 4.84. The summed E-state index contributed by atoms with van der Waals surface area (Å²) < 4.78 is 26.2. The Balaban J connectivity index is 2.05. The van der Waals surface area contributed by atoms with Gasteiger partial charge in [0, 0.05) is 6.04 Å². The Kier molecular flexibility index (Phi) is 3.46. The summed E-state index contributed by atoms with van der Waals surface area (Å²) in [6.45, 7) is 0. The van der Waals surface area contributed by atoms with E-state index in [-0.39, 0.29) is 17.5 Å². The van der Waals surface area contributed by atoms with Crippen molar-refractivity contribution in [2.45, 2.75) is 18.9 Å². The summed E-state index contributed by atoms with van der Waals surface area (Å²) in [5.74, 6) is 1.40. The summed E-state index contributed by atoms with van der Waals surface area (Å²) in [7, 11) is 0. The lowest BCUT2D eigenvalue weighted by atomic mass is 10.1. The predicted octanol–water partition coefficient (Wildman–Crippen LogP) is 3.27. The van der Waals surface area contributed by atoms with Crippen molar-refractivity contribution in [3.05, 3.63) is 29.8 Å². The monoisotopic (exact) mass is 229 g/mol. The molecule has 2 rings (SSSR count). The lowest BCUT2D eigenvalue weighted by Crippen LogP contribution is -2.25. The topological polar surface area (TPSA) is 12.0 Å². The van der Waals surface area contributed by atoms with Crippen LogP contribution in [-0.4, -0.2) is 17.5 Å². The van der Waals surface area contributed by atoms with Gasteiger partial charge in [-0.3, -0.25) is 0 Å². The molecule has 0 spiro atoms. The zero-order valence-electron chi connectivity index (χ0n) is 8.30. The summed E-state index contributed by atoms with van der Waals surface area (Å²) in [5, 5.41) is 3.06. The molecule has 1 aromatic rings. The Morgan fingerprint density at radius 2 is 1.93 bits per heavy atom. The van der Waals surface area contributed by atoms with Crippen molar-refractivity contribution in [2.75, 3.05) is 16.8 Å². The van der Waals surface area contributed by atoms with E-state index in [0.717, 1.165) is 36.5 Å². The normalized spacial score (nSPS) is 17.7. The first-order valence-electron chi connectivity index (χ1n) is 5.05. The lowest BCUT2D eigenvalue weighted by Gasteiger charge is -2.23. The van der Waals surface area contributed by atoms with E-state index in [1.165, 1.54) is 6.07 Å². The van der Waals surface area contributed by atoms with Crippen molar-refractivity contribution >= 4 is 17.4 Å². The van der Waals surface area contributed by atoms with Crippen LogP contribution in [0.3, 0.4) is 0 Å². The predicted molar refractivity (Wildman–Crippen MR) is 60.3 cm³/mol. The molecular formula is C11H13F2NS. The maximum Gasteiger partial charge on any atom is 0.146 e. The average molecular weight is 229 g/mol. The Morgan fingerprint density at radius 1 is 1.20 bits per heavy atom. The molecule has 0 aromatic heterocycles. The van der Waals surface area contributed by atoms with Gasteiger partial charge in [-0.15, -0.1) is 0 Å².